The summed E-state index contributed by atoms with van der Waals surface area (Å²) in [6.07, 6.45) is -1.08. The maximum atomic E-state index is 14.8. The zero-order chi connectivity index (χ0) is 32.5. The lowest BCUT2D eigenvalue weighted by Gasteiger charge is -2.24. The number of thiophene rings is 1. The van der Waals surface area contributed by atoms with Crippen LogP contribution in [0.4, 0.5) is 17.6 Å². The van der Waals surface area contributed by atoms with Crippen LogP contribution < -0.4 is 20.5 Å². The predicted molar refractivity (Wildman–Crippen MR) is 163 cm³/mol. The number of pyridine rings is 1. The summed E-state index contributed by atoms with van der Waals surface area (Å²) in [6.45, 7) is 0.420. The van der Waals surface area contributed by atoms with Crippen molar-refractivity contribution in [3.05, 3.63) is 70.6 Å². The summed E-state index contributed by atoms with van der Waals surface area (Å²) < 4.78 is 72.2. The van der Waals surface area contributed by atoms with Crippen LogP contribution in [0.15, 0.2) is 48.0 Å². The van der Waals surface area contributed by atoms with E-state index >= 15 is 0 Å². The Hall–Kier alpha value is -4.72. The summed E-state index contributed by atoms with van der Waals surface area (Å²) in [5, 5.41) is 9.59. The van der Waals surface area contributed by atoms with Crippen LogP contribution >= 0.6 is 11.3 Å². The van der Waals surface area contributed by atoms with Gasteiger partial charge in [-0.3, -0.25) is 14.3 Å². The van der Waals surface area contributed by atoms with Crippen molar-refractivity contribution in [2.75, 3.05) is 20.3 Å². The third-order valence-corrected chi connectivity index (χ3v) is 9.66. The molecule has 0 saturated heterocycles. The number of nitrogens with zero attached hydrogens (tertiary/aromatic N) is 3. The molecule has 2 atom stereocenters. The van der Waals surface area contributed by atoms with Gasteiger partial charge < -0.3 is 20.5 Å². The van der Waals surface area contributed by atoms with Gasteiger partial charge in [0.15, 0.2) is 0 Å². The number of nitrogens with one attached hydrogen (secondary N) is 1. The lowest BCUT2D eigenvalue weighted by molar-refractivity contribution is -0.149. The standard InChI is InChI=1S/C32H27F4N5O4S/c1-31(30(37)43)14-45-27-20(31)10-23(39-26(27)19-13-46-28-18(19)4-3-5-22(28)33)21(32(34,35)36)11-38-29(42)15-8-16-12-41(17-6-7-17)40-25(16)24(9-15)44-2/h3-5,8-10,12-13,17,21H,6-7,11,14H2,1-2H3,(H2,37,43)(H,38,42)/t21-,31+/m1/s1. The van der Waals surface area contributed by atoms with Crippen molar-refractivity contribution < 1.29 is 36.6 Å². The van der Waals surface area contributed by atoms with E-state index in [9.17, 15) is 27.2 Å². The van der Waals surface area contributed by atoms with Gasteiger partial charge in [-0.15, -0.1) is 11.3 Å². The Labute approximate surface area is 263 Å². The fourth-order valence-electron chi connectivity index (χ4n) is 5.79. The van der Waals surface area contributed by atoms with Gasteiger partial charge in [0.2, 0.25) is 5.91 Å². The van der Waals surface area contributed by atoms with Crippen LogP contribution in [0.2, 0.25) is 0 Å². The van der Waals surface area contributed by atoms with Gasteiger partial charge in [-0.2, -0.15) is 18.3 Å². The van der Waals surface area contributed by atoms with Crippen molar-refractivity contribution in [3.63, 3.8) is 0 Å². The Morgan fingerprint density at radius 2 is 2.04 bits per heavy atom. The molecule has 1 saturated carbocycles. The van der Waals surface area contributed by atoms with Crippen LogP contribution in [-0.4, -0.2) is 53.0 Å². The number of carbonyl (C=O) groups is 2. The molecule has 0 unspecified atom stereocenters. The minimum atomic E-state index is -4.86. The number of rotatable bonds is 8. The van der Waals surface area contributed by atoms with E-state index in [0.717, 1.165) is 30.2 Å². The molecule has 7 rings (SSSR count). The highest BCUT2D eigenvalue weighted by Gasteiger charge is 2.47. The molecule has 1 aliphatic heterocycles. The number of hydrogen-bond donors (Lipinski definition) is 2. The number of aromatic nitrogens is 3. The molecule has 4 heterocycles. The highest BCUT2D eigenvalue weighted by Crippen LogP contribution is 2.49. The molecular weight excluding hydrogens is 626 g/mol. The average Bonchev–Trinajstić information content (AvgIpc) is 3.46. The number of primary amides is 1. The molecule has 3 aromatic heterocycles. The minimum absolute atomic E-state index is 0.0257. The second kappa shape index (κ2) is 10.7. The van der Waals surface area contributed by atoms with Gasteiger partial charge >= 0.3 is 6.18 Å². The van der Waals surface area contributed by atoms with E-state index < -0.39 is 47.4 Å². The molecule has 46 heavy (non-hydrogen) atoms. The monoisotopic (exact) mass is 653 g/mol. The normalized spacial score (nSPS) is 18.4. The zero-order valence-electron chi connectivity index (χ0n) is 24.6. The molecule has 1 fully saturated rings. The number of amides is 2. The number of ether oxygens (including phenoxy) is 2. The summed E-state index contributed by atoms with van der Waals surface area (Å²) >= 11 is 1.07. The molecule has 2 aromatic carbocycles. The number of benzene rings is 2. The largest absolute Gasteiger partial charge is 0.494 e. The third kappa shape index (κ3) is 4.91. The van der Waals surface area contributed by atoms with Crippen LogP contribution in [0.5, 0.6) is 11.5 Å². The quantitative estimate of drug-likeness (QED) is 0.198. The number of fused-ring (bicyclic) bond motifs is 3. The van der Waals surface area contributed by atoms with Crippen LogP contribution in [0.1, 0.15) is 53.3 Å². The van der Waals surface area contributed by atoms with Crippen LogP contribution in [0.25, 0.3) is 32.2 Å². The fraction of sp³-hybridized carbons (Fsp3) is 0.312. The molecule has 14 heteroatoms. The maximum Gasteiger partial charge on any atom is 0.398 e. The van der Waals surface area contributed by atoms with Gasteiger partial charge in [0.25, 0.3) is 5.91 Å². The lowest BCUT2D eigenvalue weighted by Crippen LogP contribution is -2.40. The SMILES string of the molecule is COc1cc(C(=O)NC[C@H](c2cc3c(c(-c4csc5c(F)cccc45)n2)OC[C@]3(C)C(N)=O)C(F)(F)F)cc2cn(C3CC3)nc12. The number of hydrogen-bond acceptors (Lipinski definition) is 7. The van der Waals surface area contributed by atoms with E-state index in [1.54, 1.807) is 28.4 Å². The summed E-state index contributed by atoms with van der Waals surface area (Å²) in [5.74, 6) is -3.88. The van der Waals surface area contributed by atoms with Gasteiger partial charge in [-0.05, 0) is 44.0 Å². The number of carbonyl (C=O) groups excluding carboxylic acids is 2. The van der Waals surface area contributed by atoms with E-state index in [1.807, 2.05) is 0 Å². The summed E-state index contributed by atoms with van der Waals surface area (Å²) in [7, 11) is 1.43. The maximum absolute atomic E-state index is 14.8. The second-order valence-electron chi connectivity index (χ2n) is 11.8. The van der Waals surface area contributed by atoms with Crippen molar-refractivity contribution in [2.45, 2.75) is 43.3 Å². The van der Waals surface area contributed by atoms with Gasteiger partial charge in [0, 0.05) is 45.6 Å². The first-order chi connectivity index (χ1) is 21.9. The summed E-state index contributed by atoms with van der Waals surface area (Å²) in [6, 6.07) is 8.85. The topological polar surface area (TPSA) is 121 Å². The molecule has 0 spiro atoms. The average molecular weight is 654 g/mol. The molecule has 0 bridgehead atoms. The number of nitrogens with two attached hydrogens (primary N) is 1. The number of halogens is 4. The first kappa shape index (κ1) is 30.0. The van der Waals surface area contributed by atoms with Crippen LogP contribution in [-0.2, 0) is 10.2 Å². The third-order valence-electron chi connectivity index (χ3n) is 8.66. The number of methoxy groups -OCH3 is 1. The van der Waals surface area contributed by atoms with Gasteiger partial charge in [0.05, 0.1) is 23.5 Å². The van der Waals surface area contributed by atoms with Crippen molar-refractivity contribution in [3.8, 4) is 22.8 Å². The Balaban J connectivity index is 1.28. The first-order valence-electron chi connectivity index (χ1n) is 14.4. The molecule has 3 N–H and O–H groups in total. The zero-order valence-corrected chi connectivity index (χ0v) is 25.4. The van der Waals surface area contributed by atoms with E-state index in [2.05, 4.69) is 15.4 Å². The van der Waals surface area contributed by atoms with E-state index in [4.69, 9.17) is 15.2 Å². The minimum Gasteiger partial charge on any atom is -0.494 e. The number of alkyl halides is 3. The summed E-state index contributed by atoms with van der Waals surface area (Å²) in [5.41, 5.74) is 4.97. The highest BCUT2D eigenvalue weighted by molar-refractivity contribution is 7.17. The molecular formula is C32H27F4N5O4S. The lowest BCUT2D eigenvalue weighted by atomic mass is 9.82. The first-order valence-corrected chi connectivity index (χ1v) is 15.3. The van der Waals surface area contributed by atoms with Crippen molar-refractivity contribution in [2.24, 2.45) is 5.73 Å². The summed E-state index contributed by atoms with van der Waals surface area (Å²) in [4.78, 5) is 30.3. The molecule has 9 nitrogen and oxygen atoms in total. The molecule has 1 aliphatic carbocycles. The van der Waals surface area contributed by atoms with Gasteiger partial charge in [-0.25, -0.2) is 9.37 Å². The van der Waals surface area contributed by atoms with Gasteiger partial charge in [-0.1, -0.05) is 12.1 Å². The highest BCUT2D eigenvalue weighted by atomic mass is 32.1. The molecule has 2 amide bonds. The smallest absolute Gasteiger partial charge is 0.398 e. The predicted octanol–water partition coefficient (Wildman–Crippen LogP) is 6.01. The molecule has 5 aromatic rings. The van der Waals surface area contributed by atoms with Crippen LogP contribution in [0, 0.1) is 5.82 Å². The molecule has 0 radical (unpaired) electrons. The second-order valence-corrected chi connectivity index (χ2v) is 12.7. The van der Waals surface area contributed by atoms with Crippen molar-refractivity contribution in [1.29, 1.82) is 0 Å². The van der Waals surface area contributed by atoms with E-state index in [-0.39, 0.29) is 35.2 Å². The Morgan fingerprint density at radius 3 is 2.74 bits per heavy atom. The Bertz CT molecular complexity index is 2050. The van der Waals surface area contributed by atoms with E-state index in [0.29, 0.717) is 32.3 Å². The molecule has 2 aliphatic rings. The Morgan fingerprint density at radius 1 is 1.26 bits per heavy atom. The van der Waals surface area contributed by atoms with E-state index in [1.165, 1.54) is 32.2 Å². The van der Waals surface area contributed by atoms with Crippen molar-refractivity contribution >= 4 is 44.1 Å². The molecule has 238 valence electrons. The van der Waals surface area contributed by atoms with Crippen LogP contribution in [0.3, 0.4) is 0 Å². The Kier molecular flexibility index (Phi) is 6.96. The fourth-order valence-corrected chi connectivity index (χ4v) is 6.75. The van der Waals surface area contributed by atoms with Gasteiger partial charge in [0.1, 0.15) is 46.5 Å². The van der Waals surface area contributed by atoms with Crippen molar-refractivity contribution in [1.82, 2.24) is 20.1 Å².